The second-order valence-corrected chi connectivity index (χ2v) is 7.28. The summed E-state index contributed by atoms with van der Waals surface area (Å²) in [7, 11) is 3.58. The first-order valence-corrected chi connectivity index (χ1v) is 8.91. The number of hydrogen-bond donors (Lipinski definition) is 1. The third-order valence-electron chi connectivity index (χ3n) is 5.46. The van der Waals surface area contributed by atoms with E-state index in [1.54, 1.807) is 0 Å². The molecule has 0 saturated carbocycles. The molecule has 3 atom stereocenters. The molecule has 1 N–H and O–H groups in total. The zero-order valence-corrected chi connectivity index (χ0v) is 15.1. The summed E-state index contributed by atoms with van der Waals surface area (Å²) in [6, 6.07) is 14.4. The van der Waals surface area contributed by atoms with E-state index in [-0.39, 0.29) is 12.0 Å². The lowest BCUT2D eigenvalue weighted by Gasteiger charge is -2.39. The van der Waals surface area contributed by atoms with Gasteiger partial charge in [0.2, 0.25) is 0 Å². The molecular weight excluding hydrogens is 336 g/mol. The summed E-state index contributed by atoms with van der Waals surface area (Å²) in [5.74, 6) is 0.168. The van der Waals surface area contributed by atoms with Crippen LogP contribution in [0.25, 0.3) is 0 Å². The highest BCUT2D eigenvalue weighted by molar-refractivity contribution is 6.30. The molecule has 0 bridgehead atoms. The lowest BCUT2D eigenvalue weighted by molar-refractivity contribution is 0.0600. The average molecular weight is 357 g/mol. The molecule has 1 saturated heterocycles. The van der Waals surface area contributed by atoms with Gasteiger partial charge < -0.3 is 10.1 Å². The van der Waals surface area contributed by atoms with Gasteiger partial charge in [0.25, 0.3) is 0 Å². The molecule has 0 unspecified atom stereocenters. The van der Waals surface area contributed by atoms with Gasteiger partial charge in [0, 0.05) is 22.7 Å². The molecule has 0 amide bonds. The van der Waals surface area contributed by atoms with Gasteiger partial charge in [-0.2, -0.15) is 0 Å². The quantitative estimate of drug-likeness (QED) is 0.815. The zero-order chi connectivity index (χ0) is 17.6. The van der Waals surface area contributed by atoms with Crippen molar-refractivity contribution in [2.75, 3.05) is 26.0 Å². The van der Waals surface area contributed by atoms with Crippen LogP contribution in [0.4, 0.5) is 5.69 Å². The van der Waals surface area contributed by atoms with Crippen LogP contribution in [0.2, 0.25) is 5.02 Å². The van der Waals surface area contributed by atoms with E-state index in [1.807, 2.05) is 30.3 Å². The van der Waals surface area contributed by atoms with Crippen LogP contribution in [-0.2, 0) is 4.74 Å². The SMILES string of the molecule is COC(=O)c1ccc([C@@H]2Nc3ccc(Cl)cc3[C@H]3[C@@H]2CCN3C)cc1. The van der Waals surface area contributed by atoms with Gasteiger partial charge in [0.05, 0.1) is 18.7 Å². The van der Waals surface area contributed by atoms with E-state index >= 15 is 0 Å². The minimum atomic E-state index is -0.304. The number of benzene rings is 2. The molecule has 2 aromatic rings. The number of ether oxygens (including phenoxy) is 1. The molecule has 2 heterocycles. The molecule has 5 heteroatoms. The van der Waals surface area contributed by atoms with Gasteiger partial charge in [-0.1, -0.05) is 23.7 Å². The topological polar surface area (TPSA) is 41.6 Å². The van der Waals surface area contributed by atoms with Crippen LogP contribution in [0.3, 0.4) is 0 Å². The Morgan fingerprint density at radius 2 is 2.00 bits per heavy atom. The van der Waals surface area contributed by atoms with Gasteiger partial charge in [0.15, 0.2) is 0 Å². The summed E-state index contributed by atoms with van der Waals surface area (Å²) in [6.45, 7) is 1.07. The Morgan fingerprint density at radius 1 is 1.24 bits per heavy atom. The van der Waals surface area contributed by atoms with E-state index in [4.69, 9.17) is 16.3 Å². The lowest BCUT2D eigenvalue weighted by Crippen LogP contribution is -2.33. The standard InChI is InChI=1S/C20H21ClN2O2/c1-23-10-9-15-18(12-3-5-13(6-4-12)20(24)25-2)22-17-8-7-14(21)11-16(17)19(15)23/h3-8,11,15,18-19,22H,9-10H2,1-2H3/t15-,18+,19-/m1/s1. The molecule has 0 aliphatic carbocycles. The molecule has 2 aliphatic heterocycles. The third kappa shape index (κ3) is 2.79. The molecule has 1 fully saturated rings. The third-order valence-corrected chi connectivity index (χ3v) is 5.69. The Morgan fingerprint density at radius 3 is 2.72 bits per heavy atom. The van der Waals surface area contributed by atoms with Crippen LogP contribution in [0, 0.1) is 5.92 Å². The Bertz CT molecular complexity index is 806. The average Bonchev–Trinajstić information content (AvgIpc) is 3.03. The monoisotopic (exact) mass is 356 g/mol. The van der Waals surface area contributed by atoms with E-state index in [0.717, 1.165) is 23.7 Å². The van der Waals surface area contributed by atoms with Gasteiger partial charge in [-0.05, 0) is 61.5 Å². The van der Waals surface area contributed by atoms with Crippen LogP contribution in [0.1, 0.15) is 40.0 Å². The zero-order valence-electron chi connectivity index (χ0n) is 14.3. The molecular formula is C20H21ClN2O2. The summed E-state index contributed by atoms with van der Waals surface area (Å²) in [5.41, 5.74) is 4.19. The van der Waals surface area contributed by atoms with Crippen LogP contribution in [-0.4, -0.2) is 31.6 Å². The minimum absolute atomic E-state index is 0.218. The molecule has 130 valence electrons. The Hall–Kier alpha value is -2.04. The second kappa shape index (κ2) is 6.36. The van der Waals surface area contributed by atoms with Crippen molar-refractivity contribution in [2.45, 2.75) is 18.5 Å². The first kappa shape index (κ1) is 16.4. The highest BCUT2D eigenvalue weighted by Gasteiger charge is 2.43. The fraction of sp³-hybridized carbons (Fsp3) is 0.350. The highest BCUT2D eigenvalue weighted by Crippen LogP contribution is 2.51. The summed E-state index contributed by atoms with van der Waals surface area (Å²) in [5, 5.41) is 4.47. The number of fused-ring (bicyclic) bond motifs is 3. The van der Waals surface area contributed by atoms with Crippen molar-refractivity contribution in [3.8, 4) is 0 Å². The van der Waals surface area contributed by atoms with Crippen molar-refractivity contribution in [1.29, 1.82) is 0 Å². The smallest absolute Gasteiger partial charge is 0.337 e. The summed E-state index contributed by atoms with van der Waals surface area (Å²) >= 11 is 6.24. The first-order chi connectivity index (χ1) is 12.1. The summed E-state index contributed by atoms with van der Waals surface area (Å²) in [4.78, 5) is 14.1. The predicted octanol–water partition coefficient (Wildman–Crippen LogP) is 4.29. The van der Waals surface area contributed by atoms with Crippen LogP contribution in [0.5, 0.6) is 0 Å². The van der Waals surface area contributed by atoms with Gasteiger partial charge in [-0.25, -0.2) is 4.79 Å². The van der Waals surface area contributed by atoms with Crippen LogP contribution < -0.4 is 5.32 Å². The predicted molar refractivity (Wildman–Crippen MR) is 99.1 cm³/mol. The number of methoxy groups -OCH3 is 1. The maximum absolute atomic E-state index is 11.7. The van der Waals surface area contributed by atoms with Crippen molar-refractivity contribution in [3.63, 3.8) is 0 Å². The first-order valence-electron chi connectivity index (χ1n) is 8.53. The van der Waals surface area contributed by atoms with Crippen LogP contribution >= 0.6 is 11.6 Å². The minimum Gasteiger partial charge on any atom is -0.465 e. The highest BCUT2D eigenvalue weighted by atomic mass is 35.5. The fourth-order valence-corrected chi connectivity index (χ4v) is 4.43. The largest absolute Gasteiger partial charge is 0.465 e. The number of anilines is 1. The molecule has 2 aromatic carbocycles. The van der Waals surface area contributed by atoms with Gasteiger partial charge in [-0.3, -0.25) is 4.90 Å². The number of likely N-dealkylation sites (tertiary alicyclic amines) is 1. The molecule has 0 spiro atoms. The number of nitrogens with zero attached hydrogens (tertiary/aromatic N) is 1. The number of carbonyl (C=O) groups excluding carboxylic acids is 1. The number of rotatable bonds is 2. The molecule has 2 aliphatic rings. The molecule has 4 rings (SSSR count). The van der Waals surface area contributed by atoms with Crippen molar-refractivity contribution < 1.29 is 9.53 Å². The van der Waals surface area contributed by atoms with E-state index in [9.17, 15) is 4.79 Å². The number of esters is 1. The Kier molecular flexibility index (Phi) is 4.18. The van der Waals surface area contributed by atoms with Crippen molar-refractivity contribution in [2.24, 2.45) is 5.92 Å². The van der Waals surface area contributed by atoms with E-state index in [2.05, 4.69) is 29.4 Å². The molecule has 4 nitrogen and oxygen atoms in total. The van der Waals surface area contributed by atoms with Crippen molar-refractivity contribution in [1.82, 2.24) is 4.90 Å². The fourth-order valence-electron chi connectivity index (χ4n) is 4.25. The van der Waals surface area contributed by atoms with Crippen LogP contribution in [0.15, 0.2) is 42.5 Å². The summed E-state index contributed by atoms with van der Waals surface area (Å²) in [6.07, 6.45) is 1.13. The summed E-state index contributed by atoms with van der Waals surface area (Å²) < 4.78 is 4.79. The second-order valence-electron chi connectivity index (χ2n) is 6.85. The lowest BCUT2D eigenvalue weighted by atomic mass is 9.80. The molecule has 0 aromatic heterocycles. The number of halogens is 1. The Balaban J connectivity index is 1.71. The maximum atomic E-state index is 11.7. The maximum Gasteiger partial charge on any atom is 0.337 e. The van der Waals surface area contributed by atoms with Gasteiger partial charge >= 0.3 is 5.97 Å². The van der Waals surface area contributed by atoms with E-state index < -0.39 is 0 Å². The molecule has 25 heavy (non-hydrogen) atoms. The van der Waals surface area contributed by atoms with E-state index in [0.29, 0.717) is 17.5 Å². The normalized spacial score (nSPS) is 25.0. The number of nitrogens with one attached hydrogen (secondary N) is 1. The Labute approximate surface area is 152 Å². The molecule has 0 radical (unpaired) electrons. The number of carbonyl (C=O) groups is 1. The van der Waals surface area contributed by atoms with E-state index in [1.165, 1.54) is 18.2 Å². The van der Waals surface area contributed by atoms with Crippen molar-refractivity contribution in [3.05, 3.63) is 64.2 Å². The van der Waals surface area contributed by atoms with Gasteiger partial charge in [-0.15, -0.1) is 0 Å². The number of hydrogen-bond acceptors (Lipinski definition) is 4. The van der Waals surface area contributed by atoms with Gasteiger partial charge in [0.1, 0.15) is 0 Å². The van der Waals surface area contributed by atoms with Crippen molar-refractivity contribution >= 4 is 23.3 Å².